The number of hydrogen-bond donors (Lipinski definition) is 2. The summed E-state index contributed by atoms with van der Waals surface area (Å²) in [6, 6.07) is 10.4. The van der Waals surface area contributed by atoms with Crippen LogP contribution in [0, 0.1) is 0 Å². The highest BCUT2D eigenvalue weighted by atomic mass is 16.5. The molecule has 0 spiro atoms. The summed E-state index contributed by atoms with van der Waals surface area (Å²) in [6.07, 6.45) is 1.35. The van der Waals surface area contributed by atoms with E-state index in [9.17, 15) is 5.11 Å². The van der Waals surface area contributed by atoms with E-state index in [-0.39, 0.29) is 17.7 Å². The van der Waals surface area contributed by atoms with Crippen LogP contribution in [0.15, 0.2) is 30.3 Å². The zero-order chi connectivity index (χ0) is 13.0. The van der Waals surface area contributed by atoms with Crippen LogP contribution >= 0.6 is 0 Å². The van der Waals surface area contributed by atoms with Gasteiger partial charge in [-0.05, 0) is 32.4 Å². The number of nitrogens with one attached hydrogen (secondary N) is 1. The second kappa shape index (κ2) is 5.83. The topological polar surface area (TPSA) is 41.5 Å². The monoisotopic (exact) mass is 249 g/mol. The van der Waals surface area contributed by atoms with Gasteiger partial charge in [0.2, 0.25) is 0 Å². The lowest BCUT2D eigenvalue weighted by molar-refractivity contribution is -0.114. The SMILES string of the molecule is CC1(C)C[C@H](O)[C@@H](NCCc2ccccc2)CO1. The molecule has 0 saturated carbocycles. The molecule has 1 aromatic carbocycles. The van der Waals surface area contributed by atoms with Gasteiger partial charge in [0.05, 0.1) is 24.4 Å². The molecule has 1 aromatic rings. The van der Waals surface area contributed by atoms with Gasteiger partial charge in [-0.3, -0.25) is 0 Å². The van der Waals surface area contributed by atoms with Crippen LogP contribution in [0.2, 0.25) is 0 Å². The van der Waals surface area contributed by atoms with Crippen LogP contribution in [0.4, 0.5) is 0 Å². The maximum Gasteiger partial charge on any atom is 0.0743 e. The quantitative estimate of drug-likeness (QED) is 0.854. The molecule has 1 aliphatic rings. The fourth-order valence-corrected chi connectivity index (χ4v) is 2.37. The average molecular weight is 249 g/mol. The molecule has 100 valence electrons. The van der Waals surface area contributed by atoms with Crippen molar-refractivity contribution in [3.63, 3.8) is 0 Å². The molecule has 3 nitrogen and oxygen atoms in total. The van der Waals surface area contributed by atoms with Gasteiger partial charge in [-0.1, -0.05) is 30.3 Å². The van der Waals surface area contributed by atoms with Gasteiger partial charge in [-0.25, -0.2) is 0 Å². The number of aliphatic hydroxyl groups excluding tert-OH is 1. The Morgan fingerprint density at radius 1 is 1.33 bits per heavy atom. The Hall–Kier alpha value is -0.900. The van der Waals surface area contributed by atoms with Crippen LogP contribution in [-0.2, 0) is 11.2 Å². The van der Waals surface area contributed by atoms with E-state index in [0.717, 1.165) is 13.0 Å². The van der Waals surface area contributed by atoms with Crippen LogP contribution in [0.1, 0.15) is 25.8 Å². The summed E-state index contributed by atoms with van der Waals surface area (Å²) >= 11 is 0. The highest BCUT2D eigenvalue weighted by Gasteiger charge is 2.34. The molecule has 0 amide bonds. The lowest BCUT2D eigenvalue weighted by Crippen LogP contribution is -2.53. The number of aliphatic hydroxyl groups is 1. The Kier molecular flexibility index (Phi) is 4.38. The average Bonchev–Trinajstić information content (AvgIpc) is 2.33. The minimum Gasteiger partial charge on any atom is -0.391 e. The molecule has 0 aromatic heterocycles. The van der Waals surface area contributed by atoms with Crippen molar-refractivity contribution in [3.05, 3.63) is 35.9 Å². The third-order valence-corrected chi connectivity index (χ3v) is 3.48. The Labute approximate surface area is 109 Å². The van der Waals surface area contributed by atoms with E-state index >= 15 is 0 Å². The maximum atomic E-state index is 10.1. The molecular weight excluding hydrogens is 226 g/mol. The first kappa shape index (κ1) is 13.5. The van der Waals surface area contributed by atoms with E-state index in [1.165, 1.54) is 5.56 Å². The van der Waals surface area contributed by atoms with Crippen molar-refractivity contribution >= 4 is 0 Å². The van der Waals surface area contributed by atoms with E-state index in [1.807, 2.05) is 19.9 Å². The number of hydrogen-bond acceptors (Lipinski definition) is 3. The summed E-state index contributed by atoms with van der Waals surface area (Å²) in [5.74, 6) is 0. The van der Waals surface area contributed by atoms with Gasteiger partial charge in [0, 0.05) is 6.42 Å². The number of rotatable bonds is 4. The molecule has 0 radical (unpaired) electrons. The van der Waals surface area contributed by atoms with Crippen LogP contribution < -0.4 is 5.32 Å². The zero-order valence-corrected chi connectivity index (χ0v) is 11.2. The second-order valence-electron chi connectivity index (χ2n) is 5.64. The fourth-order valence-electron chi connectivity index (χ4n) is 2.37. The van der Waals surface area contributed by atoms with Crippen LogP contribution in [0.25, 0.3) is 0 Å². The highest BCUT2D eigenvalue weighted by molar-refractivity contribution is 5.14. The van der Waals surface area contributed by atoms with Crippen molar-refractivity contribution in [2.45, 2.75) is 44.4 Å². The molecular formula is C15H23NO2. The molecule has 0 unspecified atom stereocenters. The van der Waals surface area contributed by atoms with Gasteiger partial charge >= 0.3 is 0 Å². The van der Waals surface area contributed by atoms with Crippen LogP contribution in [-0.4, -0.2) is 36.0 Å². The molecule has 0 aliphatic carbocycles. The molecule has 1 heterocycles. The van der Waals surface area contributed by atoms with E-state index in [1.54, 1.807) is 0 Å². The van der Waals surface area contributed by atoms with Gasteiger partial charge < -0.3 is 15.2 Å². The molecule has 2 N–H and O–H groups in total. The smallest absolute Gasteiger partial charge is 0.0743 e. The second-order valence-corrected chi connectivity index (χ2v) is 5.64. The minimum absolute atomic E-state index is 0.0572. The molecule has 0 bridgehead atoms. The van der Waals surface area contributed by atoms with Gasteiger partial charge in [-0.15, -0.1) is 0 Å². The molecule has 18 heavy (non-hydrogen) atoms. The zero-order valence-electron chi connectivity index (χ0n) is 11.2. The summed E-state index contributed by atoms with van der Waals surface area (Å²) in [5.41, 5.74) is 1.12. The molecule has 3 heteroatoms. The van der Waals surface area contributed by atoms with Crippen molar-refractivity contribution in [3.8, 4) is 0 Å². The molecule has 1 aliphatic heterocycles. The summed E-state index contributed by atoms with van der Waals surface area (Å²) < 4.78 is 5.73. The fraction of sp³-hybridized carbons (Fsp3) is 0.600. The van der Waals surface area contributed by atoms with E-state index < -0.39 is 0 Å². The summed E-state index contributed by atoms with van der Waals surface area (Å²) in [7, 11) is 0. The van der Waals surface area contributed by atoms with Crippen LogP contribution in [0.5, 0.6) is 0 Å². The standard InChI is InChI=1S/C15H23NO2/c1-15(2)10-14(17)13(11-18-15)16-9-8-12-6-4-3-5-7-12/h3-7,13-14,16-17H,8-11H2,1-2H3/t13-,14-/m0/s1. The lowest BCUT2D eigenvalue weighted by atomic mass is 9.93. The largest absolute Gasteiger partial charge is 0.391 e. The molecule has 2 rings (SSSR count). The lowest BCUT2D eigenvalue weighted by Gasteiger charge is -2.38. The van der Waals surface area contributed by atoms with Crippen molar-refractivity contribution in [2.75, 3.05) is 13.2 Å². The first-order chi connectivity index (χ1) is 8.57. The van der Waals surface area contributed by atoms with Crippen molar-refractivity contribution in [1.29, 1.82) is 0 Å². The first-order valence-corrected chi connectivity index (χ1v) is 6.66. The van der Waals surface area contributed by atoms with Gasteiger partial charge in [0.25, 0.3) is 0 Å². The summed E-state index contributed by atoms with van der Waals surface area (Å²) in [4.78, 5) is 0. The highest BCUT2D eigenvalue weighted by Crippen LogP contribution is 2.24. The number of ether oxygens (including phenoxy) is 1. The molecule has 1 fully saturated rings. The maximum absolute atomic E-state index is 10.1. The van der Waals surface area contributed by atoms with Crippen LogP contribution in [0.3, 0.4) is 0 Å². The Bertz CT molecular complexity index is 364. The summed E-state index contributed by atoms with van der Waals surface area (Å²) in [6.45, 7) is 5.51. The minimum atomic E-state index is -0.315. The van der Waals surface area contributed by atoms with Crippen molar-refractivity contribution in [2.24, 2.45) is 0 Å². The molecule has 2 atom stereocenters. The normalized spacial score (nSPS) is 27.1. The summed E-state index contributed by atoms with van der Waals surface area (Å²) in [5, 5.41) is 13.4. The van der Waals surface area contributed by atoms with Crippen molar-refractivity contribution in [1.82, 2.24) is 5.32 Å². The van der Waals surface area contributed by atoms with Gasteiger partial charge in [0.1, 0.15) is 0 Å². The first-order valence-electron chi connectivity index (χ1n) is 6.66. The third kappa shape index (κ3) is 3.80. The van der Waals surface area contributed by atoms with Crippen molar-refractivity contribution < 1.29 is 9.84 Å². The van der Waals surface area contributed by atoms with E-state index in [2.05, 4.69) is 29.6 Å². The predicted octanol–water partition coefficient (Wildman–Crippen LogP) is 1.75. The predicted molar refractivity (Wildman–Crippen MR) is 72.6 cm³/mol. The Morgan fingerprint density at radius 3 is 2.72 bits per heavy atom. The Morgan fingerprint density at radius 2 is 2.06 bits per heavy atom. The van der Waals surface area contributed by atoms with E-state index in [0.29, 0.717) is 13.0 Å². The van der Waals surface area contributed by atoms with E-state index in [4.69, 9.17) is 4.74 Å². The number of benzene rings is 1. The third-order valence-electron chi connectivity index (χ3n) is 3.48. The Balaban J connectivity index is 1.74. The van der Waals surface area contributed by atoms with Gasteiger partial charge in [-0.2, -0.15) is 0 Å². The molecule has 1 saturated heterocycles. The van der Waals surface area contributed by atoms with Gasteiger partial charge in [0.15, 0.2) is 0 Å².